The van der Waals surface area contributed by atoms with Gasteiger partial charge in [-0.15, -0.1) is 0 Å². The fourth-order valence-corrected chi connectivity index (χ4v) is 2.33. The van der Waals surface area contributed by atoms with Gasteiger partial charge in [-0.3, -0.25) is 0 Å². The van der Waals surface area contributed by atoms with Gasteiger partial charge >= 0.3 is 0 Å². The minimum atomic E-state index is 0.284. The average molecular weight is 213 g/mol. The van der Waals surface area contributed by atoms with Crippen molar-refractivity contribution in [3.8, 4) is 0 Å². The minimum Gasteiger partial charge on any atom is -0.380 e. The molecule has 1 atom stereocenters. The molecule has 1 unspecified atom stereocenters. The maximum absolute atomic E-state index is 6.10. The lowest BCUT2D eigenvalue weighted by Gasteiger charge is -2.18. The van der Waals surface area contributed by atoms with Crippen molar-refractivity contribution < 1.29 is 4.74 Å². The van der Waals surface area contributed by atoms with Crippen molar-refractivity contribution in [2.24, 2.45) is 17.6 Å². The highest BCUT2D eigenvalue weighted by atomic mass is 16.5. The van der Waals surface area contributed by atoms with E-state index in [4.69, 9.17) is 10.5 Å². The van der Waals surface area contributed by atoms with Crippen molar-refractivity contribution >= 4 is 0 Å². The topological polar surface area (TPSA) is 35.2 Å². The second-order valence-corrected chi connectivity index (χ2v) is 5.32. The molecular formula is C13H27NO. The molecule has 1 saturated carbocycles. The molecule has 0 saturated heterocycles. The molecule has 0 radical (unpaired) electrons. The van der Waals surface area contributed by atoms with Gasteiger partial charge in [-0.2, -0.15) is 0 Å². The molecule has 0 spiro atoms. The Balaban J connectivity index is 1.94. The first-order chi connectivity index (χ1) is 7.20. The van der Waals surface area contributed by atoms with E-state index in [1.54, 1.807) is 0 Å². The van der Waals surface area contributed by atoms with Crippen molar-refractivity contribution in [3.63, 3.8) is 0 Å². The fourth-order valence-electron chi connectivity index (χ4n) is 2.33. The molecular weight excluding hydrogens is 186 g/mol. The minimum absolute atomic E-state index is 0.284. The summed E-state index contributed by atoms with van der Waals surface area (Å²) in [6.07, 6.45) is 7.80. The number of hydrogen-bond donors (Lipinski definition) is 1. The van der Waals surface area contributed by atoms with Crippen LogP contribution in [0.5, 0.6) is 0 Å². The third-order valence-electron chi connectivity index (χ3n) is 3.39. The van der Waals surface area contributed by atoms with Crippen LogP contribution in [-0.4, -0.2) is 19.3 Å². The summed E-state index contributed by atoms with van der Waals surface area (Å²) in [6, 6.07) is 0.284. The van der Waals surface area contributed by atoms with Crippen LogP contribution in [0, 0.1) is 11.8 Å². The second kappa shape index (κ2) is 7.24. The summed E-state index contributed by atoms with van der Waals surface area (Å²) in [5.74, 6) is 1.52. The molecule has 2 nitrogen and oxygen atoms in total. The van der Waals surface area contributed by atoms with Crippen LogP contribution in [-0.2, 0) is 4.74 Å². The Morgan fingerprint density at radius 3 is 2.53 bits per heavy atom. The second-order valence-electron chi connectivity index (χ2n) is 5.32. The molecule has 0 aliphatic heterocycles. The van der Waals surface area contributed by atoms with E-state index >= 15 is 0 Å². The van der Waals surface area contributed by atoms with Crippen molar-refractivity contribution in [3.05, 3.63) is 0 Å². The Bertz CT molecular complexity index is 153. The summed E-state index contributed by atoms with van der Waals surface area (Å²) in [4.78, 5) is 0. The number of ether oxygens (including phenoxy) is 1. The van der Waals surface area contributed by atoms with Gasteiger partial charge in [0.1, 0.15) is 0 Å². The lowest BCUT2D eigenvalue weighted by molar-refractivity contribution is 0.101. The Hall–Kier alpha value is -0.0800. The highest BCUT2D eigenvalue weighted by molar-refractivity contribution is 4.77. The van der Waals surface area contributed by atoms with Crippen LogP contribution in [0.3, 0.4) is 0 Å². The Labute approximate surface area is 94.6 Å². The molecule has 0 aromatic rings. The van der Waals surface area contributed by atoms with Crippen LogP contribution in [0.1, 0.15) is 52.4 Å². The molecule has 1 aliphatic carbocycles. The summed E-state index contributed by atoms with van der Waals surface area (Å²) in [5.41, 5.74) is 6.10. The summed E-state index contributed by atoms with van der Waals surface area (Å²) in [6.45, 7) is 6.16. The lowest BCUT2D eigenvalue weighted by Crippen LogP contribution is -2.33. The number of nitrogens with two attached hydrogens (primary N) is 1. The highest BCUT2D eigenvalue weighted by Gasteiger charge is 2.21. The first kappa shape index (κ1) is 13.0. The van der Waals surface area contributed by atoms with Gasteiger partial charge in [-0.1, -0.05) is 26.7 Å². The van der Waals surface area contributed by atoms with Crippen LogP contribution < -0.4 is 5.73 Å². The maximum atomic E-state index is 6.10. The van der Waals surface area contributed by atoms with Crippen LogP contribution in [0.15, 0.2) is 0 Å². The number of hydrogen-bond acceptors (Lipinski definition) is 2. The normalized spacial score (nSPS) is 20.0. The van der Waals surface area contributed by atoms with Crippen molar-refractivity contribution in [1.82, 2.24) is 0 Å². The van der Waals surface area contributed by atoms with Crippen LogP contribution >= 0.6 is 0 Å². The predicted molar refractivity (Wildman–Crippen MR) is 64.8 cm³/mol. The Morgan fingerprint density at radius 1 is 1.27 bits per heavy atom. The van der Waals surface area contributed by atoms with Crippen molar-refractivity contribution in [2.75, 3.05) is 13.2 Å². The highest BCUT2D eigenvalue weighted by Crippen LogP contribution is 2.26. The smallest absolute Gasteiger partial charge is 0.0620 e. The zero-order valence-electron chi connectivity index (χ0n) is 10.4. The molecule has 0 aromatic carbocycles. The molecule has 1 fully saturated rings. The summed E-state index contributed by atoms with van der Waals surface area (Å²) in [5, 5.41) is 0. The molecule has 1 rings (SSSR count). The van der Waals surface area contributed by atoms with Crippen LogP contribution in [0.2, 0.25) is 0 Å². The van der Waals surface area contributed by atoms with Gasteiger partial charge in [0.05, 0.1) is 6.61 Å². The van der Waals surface area contributed by atoms with E-state index in [9.17, 15) is 0 Å². The zero-order chi connectivity index (χ0) is 11.1. The summed E-state index contributed by atoms with van der Waals surface area (Å²) < 4.78 is 5.63. The van der Waals surface area contributed by atoms with E-state index in [0.29, 0.717) is 0 Å². The van der Waals surface area contributed by atoms with E-state index in [0.717, 1.165) is 25.0 Å². The molecule has 0 bridgehead atoms. The molecule has 0 aromatic heterocycles. The van der Waals surface area contributed by atoms with E-state index in [1.165, 1.54) is 38.5 Å². The predicted octanol–water partition coefficient (Wildman–Crippen LogP) is 2.96. The van der Waals surface area contributed by atoms with Gasteiger partial charge in [0.2, 0.25) is 0 Å². The van der Waals surface area contributed by atoms with Crippen molar-refractivity contribution in [2.45, 2.75) is 58.4 Å². The molecule has 0 amide bonds. The molecule has 90 valence electrons. The largest absolute Gasteiger partial charge is 0.380 e. The maximum Gasteiger partial charge on any atom is 0.0620 e. The number of rotatable bonds is 7. The van der Waals surface area contributed by atoms with Gasteiger partial charge in [0.25, 0.3) is 0 Å². The van der Waals surface area contributed by atoms with Crippen molar-refractivity contribution in [1.29, 1.82) is 0 Å². The van der Waals surface area contributed by atoms with Crippen LogP contribution in [0.4, 0.5) is 0 Å². The first-order valence-electron chi connectivity index (χ1n) is 6.53. The molecule has 15 heavy (non-hydrogen) atoms. The van der Waals surface area contributed by atoms with Gasteiger partial charge in [-0.05, 0) is 37.5 Å². The Morgan fingerprint density at radius 2 is 1.93 bits per heavy atom. The van der Waals surface area contributed by atoms with Gasteiger partial charge < -0.3 is 10.5 Å². The van der Waals surface area contributed by atoms with Gasteiger partial charge in [-0.25, -0.2) is 0 Å². The molecule has 0 heterocycles. The monoisotopic (exact) mass is 213 g/mol. The SMILES string of the molecule is CC(C)CCCOCC(N)C1CCCC1. The van der Waals surface area contributed by atoms with E-state index in [-0.39, 0.29) is 6.04 Å². The Kier molecular flexibility index (Phi) is 6.26. The lowest BCUT2D eigenvalue weighted by atomic mass is 10.00. The molecule has 1 aliphatic rings. The molecule has 2 heteroatoms. The van der Waals surface area contributed by atoms with E-state index in [2.05, 4.69) is 13.8 Å². The fraction of sp³-hybridized carbons (Fsp3) is 1.00. The van der Waals surface area contributed by atoms with Gasteiger partial charge in [0, 0.05) is 12.6 Å². The first-order valence-corrected chi connectivity index (χ1v) is 6.53. The van der Waals surface area contributed by atoms with Crippen LogP contribution in [0.25, 0.3) is 0 Å². The van der Waals surface area contributed by atoms with Gasteiger partial charge in [0.15, 0.2) is 0 Å². The standard InChI is InChI=1S/C13H27NO/c1-11(2)6-5-9-15-10-13(14)12-7-3-4-8-12/h11-13H,3-10,14H2,1-2H3. The average Bonchev–Trinajstić information content (AvgIpc) is 2.69. The summed E-state index contributed by atoms with van der Waals surface area (Å²) in [7, 11) is 0. The van der Waals surface area contributed by atoms with E-state index in [1.807, 2.05) is 0 Å². The molecule has 2 N–H and O–H groups in total. The quantitative estimate of drug-likeness (QED) is 0.660. The zero-order valence-corrected chi connectivity index (χ0v) is 10.4. The third-order valence-corrected chi connectivity index (χ3v) is 3.39. The summed E-state index contributed by atoms with van der Waals surface area (Å²) >= 11 is 0. The third kappa shape index (κ3) is 5.53. The van der Waals surface area contributed by atoms with E-state index < -0.39 is 0 Å².